The van der Waals surface area contributed by atoms with E-state index < -0.39 is 0 Å². The molecule has 0 aromatic carbocycles. The summed E-state index contributed by atoms with van der Waals surface area (Å²) in [5, 5.41) is 4.15. The number of rotatable bonds is 4. The molecule has 1 atom stereocenters. The van der Waals surface area contributed by atoms with Crippen LogP contribution in [0.3, 0.4) is 0 Å². The second-order valence-electron chi connectivity index (χ2n) is 7.11. The van der Waals surface area contributed by atoms with Gasteiger partial charge in [-0.05, 0) is 24.7 Å². The molecule has 1 aromatic heterocycles. The highest BCUT2D eigenvalue weighted by Crippen LogP contribution is 2.31. The van der Waals surface area contributed by atoms with Crippen LogP contribution < -0.4 is 5.73 Å². The maximum Gasteiger partial charge on any atom is 0.228 e. The van der Waals surface area contributed by atoms with Gasteiger partial charge in [-0.3, -0.25) is 0 Å². The van der Waals surface area contributed by atoms with Gasteiger partial charge in [-0.2, -0.15) is 4.98 Å². The maximum absolute atomic E-state index is 6.15. The van der Waals surface area contributed by atoms with Crippen LogP contribution in [0.25, 0.3) is 0 Å². The average Bonchev–Trinajstić information content (AvgIpc) is 2.76. The van der Waals surface area contributed by atoms with Gasteiger partial charge >= 0.3 is 0 Å². The fourth-order valence-corrected chi connectivity index (χ4v) is 2.96. The van der Waals surface area contributed by atoms with Crippen molar-refractivity contribution in [1.82, 2.24) is 10.1 Å². The molecule has 1 aliphatic rings. The van der Waals surface area contributed by atoms with Crippen molar-refractivity contribution in [3.8, 4) is 0 Å². The van der Waals surface area contributed by atoms with E-state index in [1.54, 1.807) is 0 Å². The Bertz CT molecular complexity index is 388. The molecule has 2 N–H and O–H groups in total. The Balaban J connectivity index is 1.89. The minimum atomic E-state index is 0.0969. The SMILES string of the molecule is CC(C)(C)CC(N)Cc1nc(C2CCCCC2)no1. The van der Waals surface area contributed by atoms with E-state index in [4.69, 9.17) is 10.3 Å². The van der Waals surface area contributed by atoms with Crippen LogP contribution in [0.15, 0.2) is 4.52 Å². The zero-order valence-electron chi connectivity index (χ0n) is 12.5. The monoisotopic (exact) mass is 265 g/mol. The number of nitrogens with zero attached hydrogens (tertiary/aromatic N) is 2. The molecular weight excluding hydrogens is 238 g/mol. The van der Waals surface area contributed by atoms with Crippen molar-refractivity contribution >= 4 is 0 Å². The van der Waals surface area contributed by atoms with E-state index in [9.17, 15) is 0 Å². The van der Waals surface area contributed by atoms with Crippen molar-refractivity contribution in [2.75, 3.05) is 0 Å². The average molecular weight is 265 g/mol. The summed E-state index contributed by atoms with van der Waals surface area (Å²) in [4.78, 5) is 4.55. The lowest BCUT2D eigenvalue weighted by Gasteiger charge is -2.22. The van der Waals surface area contributed by atoms with Crippen LogP contribution in [0.4, 0.5) is 0 Å². The van der Waals surface area contributed by atoms with Gasteiger partial charge in [-0.1, -0.05) is 45.2 Å². The summed E-state index contributed by atoms with van der Waals surface area (Å²) in [6.07, 6.45) is 7.99. The molecule has 0 radical (unpaired) electrons. The Morgan fingerprint density at radius 2 is 1.95 bits per heavy atom. The first-order valence-corrected chi connectivity index (χ1v) is 7.52. The third-order valence-corrected chi connectivity index (χ3v) is 3.77. The molecule has 1 aromatic rings. The van der Waals surface area contributed by atoms with Crippen molar-refractivity contribution in [1.29, 1.82) is 0 Å². The van der Waals surface area contributed by atoms with E-state index in [0.717, 1.165) is 12.2 Å². The van der Waals surface area contributed by atoms with E-state index in [0.29, 0.717) is 18.2 Å². The summed E-state index contributed by atoms with van der Waals surface area (Å²) in [7, 11) is 0. The van der Waals surface area contributed by atoms with Gasteiger partial charge in [0.2, 0.25) is 5.89 Å². The molecule has 0 saturated heterocycles. The Labute approximate surface area is 116 Å². The number of hydrogen-bond donors (Lipinski definition) is 1. The topological polar surface area (TPSA) is 64.9 Å². The standard InChI is InChI=1S/C15H27N3O/c1-15(2,3)10-12(16)9-13-17-14(18-19-13)11-7-5-4-6-8-11/h11-12H,4-10,16H2,1-3H3. The molecule has 1 fully saturated rings. The normalized spacial score (nSPS) is 19.6. The van der Waals surface area contributed by atoms with E-state index in [1.807, 2.05) is 0 Å². The number of hydrogen-bond acceptors (Lipinski definition) is 4. The molecular formula is C15H27N3O. The first-order valence-electron chi connectivity index (χ1n) is 7.52. The predicted molar refractivity (Wildman–Crippen MR) is 75.9 cm³/mol. The summed E-state index contributed by atoms with van der Waals surface area (Å²) < 4.78 is 5.36. The van der Waals surface area contributed by atoms with Crippen LogP contribution in [-0.4, -0.2) is 16.2 Å². The fourth-order valence-electron chi connectivity index (χ4n) is 2.96. The summed E-state index contributed by atoms with van der Waals surface area (Å²) in [5.41, 5.74) is 6.39. The number of aromatic nitrogens is 2. The van der Waals surface area contributed by atoms with Crippen LogP contribution in [0.2, 0.25) is 0 Å². The minimum Gasteiger partial charge on any atom is -0.339 e. The Kier molecular flexibility index (Phi) is 4.61. The summed E-state index contributed by atoms with van der Waals surface area (Å²) >= 11 is 0. The Morgan fingerprint density at radius 3 is 2.58 bits per heavy atom. The molecule has 0 bridgehead atoms. The van der Waals surface area contributed by atoms with Crippen molar-refractivity contribution < 1.29 is 4.52 Å². The van der Waals surface area contributed by atoms with Gasteiger partial charge in [0.15, 0.2) is 5.82 Å². The van der Waals surface area contributed by atoms with E-state index in [1.165, 1.54) is 32.1 Å². The summed E-state index contributed by atoms with van der Waals surface area (Å²) in [6, 6.07) is 0.0969. The molecule has 1 unspecified atom stereocenters. The van der Waals surface area contributed by atoms with E-state index >= 15 is 0 Å². The molecule has 0 spiro atoms. The Morgan fingerprint density at radius 1 is 1.26 bits per heavy atom. The van der Waals surface area contributed by atoms with Gasteiger partial charge < -0.3 is 10.3 Å². The highest BCUT2D eigenvalue weighted by molar-refractivity contribution is 4.98. The highest BCUT2D eigenvalue weighted by Gasteiger charge is 2.22. The van der Waals surface area contributed by atoms with Gasteiger partial charge in [0.05, 0.1) is 0 Å². The van der Waals surface area contributed by atoms with Crippen LogP contribution in [0.5, 0.6) is 0 Å². The van der Waals surface area contributed by atoms with Crippen LogP contribution in [-0.2, 0) is 6.42 Å². The minimum absolute atomic E-state index is 0.0969. The van der Waals surface area contributed by atoms with E-state index in [-0.39, 0.29) is 11.5 Å². The molecule has 1 saturated carbocycles. The van der Waals surface area contributed by atoms with Gasteiger partial charge in [0, 0.05) is 18.4 Å². The molecule has 19 heavy (non-hydrogen) atoms. The first-order chi connectivity index (χ1) is 8.94. The largest absolute Gasteiger partial charge is 0.339 e. The maximum atomic E-state index is 6.15. The quantitative estimate of drug-likeness (QED) is 0.906. The molecule has 4 nitrogen and oxygen atoms in total. The molecule has 4 heteroatoms. The van der Waals surface area contributed by atoms with Crippen molar-refractivity contribution in [2.45, 2.75) is 77.7 Å². The molecule has 1 heterocycles. The third kappa shape index (κ3) is 4.60. The van der Waals surface area contributed by atoms with Crippen molar-refractivity contribution in [2.24, 2.45) is 11.1 Å². The van der Waals surface area contributed by atoms with Gasteiger partial charge in [0.1, 0.15) is 0 Å². The van der Waals surface area contributed by atoms with Crippen LogP contribution in [0, 0.1) is 5.41 Å². The second-order valence-corrected chi connectivity index (χ2v) is 7.11. The van der Waals surface area contributed by atoms with Gasteiger partial charge in [0.25, 0.3) is 0 Å². The second kappa shape index (κ2) is 6.04. The smallest absolute Gasteiger partial charge is 0.228 e. The third-order valence-electron chi connectivity index (χ3n) is 3.77. The predicted octanol–water partition coefficient (Wildman–Crippen LogP) is 3.42. The van der Waals surface area contributed by atoms with Crippen molar-refractivity contribution in [3.05, 3.63) is 11.7 Å². The van der Waals surface area contributed by atoms with Gasteiger partial charge in [-0.25, -0.2) is 0 Å². The zero-order valence-corrected chi connectivity index (χ0v) is 12.5. The van der Waals surface area contributed by atoms with E-state index in [2.05, 4.69) is 30.9 Å². The van der Waals surface area contributed by atoms with Crippen LogP contribution >= 0.6 is 0 Å². The van der Waals surface area contributed by atoms with Crippen LogP contribution in [0.1, 0.15) is 76.9 Å². The zero-order chi connectivity index (χ0) is 13.9. The highest BCUT2D eigenvalue weighted by atomic mass is 16.5. The Hall–Kier alpha value is -0.900. The molecule has 108 valence electrons. The summed E-state index contributed by atoms with van der Waals surface area (Å²) in [6.45, 7) is 6.61. The lowest BCUT2D eigenvalue weighted by molar-refractivity contribution is 0.310. The summed E-state index contributed by atoms with van der Waals surface area (Å²) in [5.74, 6) is 2.11. The molecule has 0 amide bonds. The van der Waals surface area contributed by atoms with Crippen molar-refractivity contribution in [3.63, 3.8) is 0 Å². The molecule has 1 aliphatic carbocycles. The lowest BCUT2D eigenvalue weighted by Crippen LogP contribution is -2.28. The lowest BCUT2D eigenvalue weighted by atomic mass is 9.87. The molecule has 0 aliphatic heterocycles. The number of nitrogens with two attached hydrogens (primary N) is 1. The first kappa shape index (κ1) is 14.5. The van der Waals surface area contributed by atoms with Gasteiger partial charge in [-0.15, -0.1) is 0 Å². The molecule has 2 rings (SSSR count). The fraction of sp³-hybridized carbons (Fsp3) is 0.867.